The Hall–Kier alpha value is -1.25. The highest BCUT2D eigenvalue weighted by Crippen LogP contribution is 2.38. The van der Waals surface area contributed by atoms with Crippen molar-refractivity contribution in [3.05, 3.63) is 65.2 Å². The lowest BCUT2D eigenvalue weighted by Gasteiger charge is -2.21. The molecule has 0 bridgehead atoms. The van der Waals surface area contributed by atoms with Crippen molar-refractivity contribution in [3.8, 4) is 0 Å². The Morgan fingerprint density at radius 1 is 1.11 bits per heavy atom. The molecule has 1 N–H and O–H groups in total. The average molecular weight is 269 g/mol. The number of benzene rings is 2. The molecule has 0 aromatic heterocycles. The highest BCUT2D eigenvalue weighted by atomic mass is 32.2. The zero-order valence-corrected chi connectivity index (χ0v) is 12.2. The van der Waals surface area contributed by atoms with Crippen LogP contribution in [0.2, 0.25) is 0 Å². The molecule has 1 nitrogen and oxygen atoms in total. The van der Waals surface area contributed by atoms with Crippen molar-refractivity contribution in [1.82, 2.24) is 5.32 Å². The summed E-state index contributed by atoms with van der Waals surface area (Å²) in [6.45, 7) is 4.44. The average Bonchev–Trinajstić information content (AvgIpc) is 2.83. The standard InChI is InChI=1S/C17H19NS/c1-12-7-3-4-8-14(12)13(2)18-16-11-19-17-10-6-5-9-15(16)17/h3-10,13,16,18H,11H2,1-2H3. The van der Waals surface area contributed by atoms with Gasteiger partial charge in [-0.15, -0.1) is 11.8 Å². The predicted octanol–water partition coefficient (Wildman–Crippen LogP) is 4.49. The van der Waals surface area contributed by atoms with Gasteiger partial charge in [-0.2, -0.15) is 0 Å². The molecule has 2 aromatic rings. The fourth-order valence-electron chi connectivity index (χ4n) is 2.76. The second kappa shape index (κ2) is 5.40. The van der Waals surface area contributed by atoms with E-state index in [9.17, 15) is 0 Å². The molecule has 2 atom stereocenters. The topological polar surface area (TPSA) is 12.0 Å². The molecular formula is C17H19NS. The summed E-state index contributed by atoms with van der Waals surface area (Å²) < 4.78 is 0. The minimum Gasteiger partial charge on any atom is -0.303 e. The SMILES string of the molecule is Cc1ccccc1C(C)NC1CSc2ccccc21. The van der Waals surface area contributed by atoms with Crippen molar-refractivity contribution in [2.24, 2.45) is 0 Å². The van der Waals surface area contributed by atoms with Crippen molar-refractivity contribution in [2.45, 2.75) is 30.8 Å². The number of aryl methyl sites for hydroxylation is 1. The lowest BCUT2D eigenvalue weighted by molar-refractivity contribution is 0.499. The van der Waals surface area contributed by atoms with Crippen LogP contribution in [-0.2, 0) is 0 Å². The van der Waals surface area contributed by atoms with E-state index in [1.165, 1.54) is 21.6 Å². The molecule has 2 heteroatoms. The summed E-state index contributed by atoms with van der Waals surface area (Å²) in [7, 11) is 0. The van der Waals surface area contributed by atoms with E-state index < -0.39 is 0 Å². The summed E-state index contributed by atoms with van der Waals surface area (Å²) in [5.41, 5.74) is 4.21. The zero-order valence-electron chi connectivity index (χ0n) is 11.4. The number of hydrogen-bond acceptors (Lipinski definition) is 2. The van der Waals surface area contributed by atoms with E-state index in [0.29, 0.717) is 12.1 Å². The van der Waals surface area contributed by atoms with Crippen LogP contribution in [0.3, 0.4) is 0 Å². The molecule has 1 aliphatic heterocycles. The largest absolute Gasteiger partial charge is 0.303 e. The lowest BCUT2D eigenvalue weighted by atomic mass is 10.0. The van der Waals surface area contributed by atoms with Gasteiger partial charge in [0.25, 0.3) is 0 Å². The van der Waals surface area contributed by atoms with Gasteiger partial charge in [0.1, 0.15) is 0 Å². The molecule has 0 radical (unpaired) electrons. The van der Waals surface area contributed by atoms with E-state index in [4.69, 9.17) is 0 Å². The minimum absolute atomic E-state index is 0.387. The first-order valence-electron chi connectivity index (χ1n) is 6.79. The van der Waals surface area contributed by atoms with Crippen molar-refractivity contribution >= 4 is 11.8 Å². The van der Waals surface area contributed by atoms with Gasteiger partial charge in [0, 0.05) is 22.7 Å². The van der Waals surface area contributed by atoms with E-state index in [2.05, 4.69) is 67.7 Å². The van der Waals surface area contributed by atoms with Gasteiger partial charge in [-0.3, -0.25) is 0 Å². The van der Waals surface area contributed by atoms with Crippen LogP contribution in [0.25, 0.3) is 0 Å². The maximum atomic E-state index is 3.77. The van der Waals surface area contributed by atoms with Crippen molar-refractivity contribution in [2.75, 3.05) is 5.75 Å². The maximum Gasteiger partial charge on any atom is 0.0431 e. The molecule has 0 spiro atoms. The van der Waals surface area contributed by atoms with Crippen molar-refractivity contribution < 1.29 is 0 Å². The van der Waals surface area contributed by atoms with E-state index in [0.717, 1.165) is 5.75 Å². The molecule has 2 unspecified atom stereocenters. The van der Waals surface area contributed by atoms with Crippen LogP contribution < -0.4 is 5.32 Å². The summed E-state index contributed by atoms with van der Waals surface area (Å²) in [6, 6.07) is 18.2. The van der Waals surface area contributed by atoms with Crippen LogP contribution in [0.1, 0.15) is 35.7 Å². The molecule has 0 fully saturated rings. The van der Waals surface area contributed by atoms with Crippen LogP contribution in [0.4, 0.5) is 0 Å². The van der Waals surface area contributed by atoms with Gasteiger partial charge < -0.3 is 5.32 Å². The van der Waals surface area contributed by atoms with Crippen LogP contribution in [0.5, 0.6) is 0 Å². The molecule has 0 aliphatic carbocycles. The summed E-state index contributed by atoms with van der Waals surface area (Å²) in [5.74, 6) is 1.13. The number of hydrogen-bond donors (Lipinski definition) is 1. The monoisotopic (exact) mass is 269 g/mol. The van der Waals surface area contributed by atoms with Gasteiger partial charge in [-0.1, -0.05) is 42.5 Å². The second-order valence-corrected chi connectivity index (χ2v) is 6.21. The molecule has 2 aromatic carbocycles. The third kappa shape index (κ3) is 2.56. The quantitative estimate of drug-likeness (QED) is 0.881. The molecule has 98 valence electrons. The van der Waals surface area contributed by atoms with Crippen molar-refractivity contribution in [3.63, 3.8) is 0 Å². The van der Waals surface area contributed by atoms with Gasteiger partial charge in [0.2, 0.25) is 0 Å². The molecule has 0 saturated heterocycles. The summed E-state index contributed by atoms with van der Waals surface area (Å²) in [6.07, 6.45) is 0. The third-order valence-corrected chi connectivity index (χ3v) is 4.99. The Morgan fingerprint density at radius 3 is 2.68 bits per heavy atom. The molecular weight excluding hydrogens is 250 g/mol. The van der Waals surface area contributed by atoms with Crippen molar-refractivity contribution in [1.29, 1.82) is 0 Å². The Kier molecular flexibility index (Phi) is 3.63. The molecule has 1 aliphatic rings. The summed E-state index contributed by atoms with van der Waals surface area (Å²) in [4.78, 5) is 1.43. The predicted molar refractivity (Wildman–Crippen MR) is 82.6 cm³/mol. The fraction of sp³-hybridized carbons (Fsp3) is 0.294. The van der Waals surface area contributed by atoms with Gasteiger partial charge in [0.15, 0.2) is 0 Å². The fourth-order valence-corrected chi connectivity index (χ4v) is 3.94. The Bertz CT molecular complexity index is 579. The minimum atomic E-state index is 0.387. The van der Waals surface area contributed by atoms with Crippen LogP contribution in [-0.4, -0.2) is 5.75 Å². The molecule has 0 saturated carbocycles. The van der Waals surface area contributed by atoms with E-state index in [-0.39, 0.29) is 0 Å². The highest BCUT2D eigenvalue weighted by molar-refractivity contribution is 7.99. The Labute approximate surface area is 119 Å². The second-order valence-electron chi connectivity index (χ2n) is 5.15. The highest BCUT2D eigenvalue weighted by Gasteiger charge is 2.24. The third-order valence-electron chi connectivity index (χ3n) is 3.81. The lowest BCUT2D eigenvalue weighted by Crippen LogP contribution is -2.25. The van der Waals surface area contributed by atoms with E-state index >= 15 is 0 Å². The first-order valence-corrected chi connectivity index (χ1v) is 7.77. The van der Waals surface area contributed by atoms with Gasteiger partial charge in [-0.25, -0.2) is 0 Å². The van der Waals surface area contributed by atoms with Gasteiger partial charge >= 0.3 is 0 Å². The van der Waals surface area contributed by atoms with Crippen LogP contribution in [0.15, 0.2) is 53.4 Å². The van der Waals surface area contributed by atoms with Crippen LogP contribution in [0, 0.1) is 6.92 Å². The normalized spacial score (nSPS) is 19.2. The van der Waals surface area contributed by atoms with E-state index in [1.807, 2.05) is 11.8 Å². The van der Waals surface area contributed by atoms with Crippen LogP contribution >= 0.6 is 11.8 Å². The Balaban J connectivity index is 1.78. The summed E-state index contributed by atoms with van der Waals surface area (Å²) in [5, 5.41) is 3.77. The molecule has 3 rings (SSSR count). The number of rotatable bonds is 3. The molecule has 19 heavy (non-hydrogen) atoms. The Morgan fingerprint density at radius 2 is 1.84 bits per heavy atom. The number of fused-ring (bicyclic) bond motifs is 1. The van der Waals surface area contributed by atoms with E-state index in [1.54, 1.807) is 0 Å². The van der Waals surface area contributed by atoms with Gasteiger partial charge in [0.05, 0.1) is 0 Å². The number of nitrogens with one attached hydrogen (secondary N) is 1. The van der Waals surface area contributed by atoms with Gasteiger partial charge in [-0.05, 0) is 36.6 Å². The maximum absolute atomic E-state index is 3.77. The first kappa shape index (κ1) is 12.8. The first-order chi connectivity index (χ1) is 9.25. The molecule has 0 amide bonds. The smallest absolute Gasteiger partial charge is 0.0431 e. The summed E-state index contributed by atoms with van der Waals surface area (Å²) >= 11 is 1.95. The number of thioether (sulfide) groups is 1. The zero-order chi connectivity index (χ0) is 13.2. The molecule has 1 heterocycles.